The average molecular weight is 291 g/mol. The van der Waals surface area contributed by atoms with E-state index in [0.717, 1.165) is 0 Å². The third-order valence-corrected chi connectivity index (χ3v) is 2.84. The maximum atomic E-state index is 13.5. The maximum Gasteiger partial charge on any atom is 0.374 e. The van der Waals surface area contributed by atoms with Crippen molar-refractivity contribution in [3.8, 4) is 0 Å². The van der Waals surface area contributed by atoms with Crippen LogP contribution in [0.1, 0.15) is 16.1 Å². The van der Waals surface area contributed by atoms with Gasteiger partial charge >= 0.3 is 5.97 Å². The van der Waals surface area contributed by atoms with Crippen molar-refractivity contribution in [2.45, 2.75) is 6.54 Å². The van der Waals surface area contributed by atoms with E-state index in [-0.39, 0.29) is 18.1 Å². The third-order valence-electron chi connectivity index (χ3n) is 2.84. The minimum Gasteiger partial charge on any atom is -0.457 e. The first-order valence-electron chi connectivity index (χ1n) is 6.26. The van der Waals surface area contributed by atoms with Crippen molar-refractivity contribution in [3.05, 3.63) is 59.8 Å². The van der Waals surface area contributed by atoms with E-state index in [1.807, 2.05) is 0 Å². The molecule has 0 aliphatic heterocycles. The molecule has 0 unspecified atom stereocenters. The Kier molecular flexibility index (Phi) is 4.71. The molecular formula is C15H14FNO4. The lowest BCUT2D eigenvalue weighted by molar-refractivity contribution is -0.133. The number of furan rings is 1. The molecule has 21 heavy (non-hydrogen) atoms. The highest BCUT2D eigenvalue weighted by molar-refractivity contribution is 5.88. The van der Waals surface area contributed by atoms with E-state index in [9.17, 15) is 14.0 Å². The van der Waals surface area contributed by atoms with E-state index < -0.39 is 18.5 Å². The molecule has 0 spiro atoms. The number of rotatable bonds is 5. The van der Waals surface area contributed by atoms with Gasteiger partial charge in [0, 0.05) is 19.2 Å². The fourth-order valence-corrected chi connectivity index (χ4v) is 1.67. The van der Waals surface area contributed by atoms with E-state index >= 15 is 0 Å². The largest absolute Gasteiger partial charge is 0.457 e. The van der Waals surface area contributed by atoms with Gasteiger partial charge in [-0.3, -0.25) is 4.79 Å². The first-order valence-corrected chi connectivity index (χ1v) is 6.26. The van der Waals surface area contributed by atoms with Crippen LogP contribution in [0.3, 0.4) is 0 Å². The van der Waals surface area contributed by atoms with Gasteiger partial charge in [-0.25, -0.2) is 9.18 Å². The quantitative estimate of drug-likeness (QED) is 0.793. The number of halogens is 1. The number of amides is 1. The smallest absolute Gasteiger partial charge is 0.374 e. The van der Waals surface area contributed by atoms with Crippen molar-refractivity contribution < 1.29 is 23.1 Å². The summed E-state index contributed by atoms with van der Waals surface area (Å²) in [6.45, 7) is -0.325. The fraction of sp³-hybridized carbons (Fsp3) is 0.200. The molecule has 1 aromatic carbocycles. The Balaban J connectivity index is 1.86. The van der Waals surface area contributed by atoms with Crippen molar-refractivity contribution in [1.82, 2.24) is 4.90 Å². The summed E-state index contributed by atoms with van der Waals surface area (Å²) in [5, 5.41) is 0. The van der Waals surface area contributed by atoms with E-state index in [0.29, 0.717) is 5.56 Å². The Morgan fingerprint density at radius 1 is 1.24 bits per heavy atom. The van der Waals surface area contributed by atoms with E-state index in [1.165, 1.54) is 30.3 Å². The van der Waals surface area contributed by atoms with E-state index in [4.69, 9.17) is 9.15 Å². The van der Waals surface area contributed by atoms with Gasteiger partial charge in [0.1, 0.15) is 5.82 Å². The highest BCUT2D eigenvalue weighted by Gasteiger charge is 2.16. The van der Waals surface area contributed by atoms with Crippen LogP contribution in [0.15, 0.2) is 47.1 Å². The summed E-state index contributed by atoms with van der Waals surface area (Å²) in [6, 6.07) is 9.16. The second-order valence-corrected chi connectivity index (χ2v) is 4.39. The lowest BCUT2D eigenvalue weighted by atomic mass is 10.2. The number of ether oxygens (including phenoxy) is 1. The summed E-state index contributed by atoms with van der Waals surface area (Å²) in [7, 11) is 1.51. The van der Waals surface area contributed by atoms with Crippen LogP contribution >= 0.6 is 0 Å². The Bertz CT molecular complexity index is 624. The molecule has 0 saturated carbocycles. The molecule has 6 heteroatoms. The Morgan fingerprint density at radius 3 is 2.67 bits per heavy atom. The number of nitrogens with zero attached hydrogens (tertiary/aromatic N) is 1. The molecule has 1 aromatic heterocycles. The van der Waals surface area contributed by atoms with Crippen LogP contribution in [-0.4, -0.2) is 30.4 Å². The van der Waals surface area contributed by atoms with Gasteiger partial charge in [-0.15, -0.1) is 0 Å². The molecule has 0 radical (unpaired) electrons. The van der Waals surface area contributed by atoms with Gasteiger partial charge in [0.25, 0.3) is 5.91 Å². The van der Waals surface area contributed by atoms with E-state index in [2.05, 4.69) is 0 Å². The number of likely N-dealkylation sites (N-methyl/N-ethyl adjacent to an activating group) is 1. The Hall–Kier alpha value is -2.63. The molecule has 0 N–H and O–H groups in total. The zero-order chi connectivity index (χ0) is 15.2. The predicted octanol–water partition coefficient (Wildman–Crippen LogP) is 2.23. The number of benzene rings is 1. The van der Waals surface area contributed by atoms with Gasteiger partial charge in [0.05, 0.1) is 6.26 Å². The first-order chi connectivity index (χ1) is 10.1. The molecule has 110 valence electrons. The van der Waals surface area contributed by atoms with E-state index in [1.54, 1.807) is 24.3 Å². The van der Waals surface area contributed by atoms with Crippen LogP contribution in [0.5, 0.6) is 0 Å². The highest BCUT2D eigenvalue weighted by Crippen LogP contribution is 2.09. The third kappa shape index (κ3) is 3.92. The molecular weight excluding hydrogens is 277 g/mol. The molecule has 5 nitrogen and oxygen atoms in total. The van der Waals surface area contributed by atoms with Gasteiger partial charge in [0.15, 0.2) is 6.61 Å². The fourth-order valence-electron chi connectivity index (χ4n) is 1.67. The Morgan fingerprint density at radius 2 is 2.00 bits per heavy atom. The van der Waals surface area contributed by atoms with Crippen molar-refractivity contribution in [3.63, 3.8) is 0 Å². The van der Waals surface area contributed by atoms with Crippen LogP contribution < -0.4 is 0 Å². The van der Waals surface area contributed by atoms with Crippen molar-refractivity contribution in [2.24, 2.45) is 0 Å². The predicted molar refractivity (Wildman–Crippen MR) is 71.9 cm³/mol. The first kappa shape index (κ1) is 14.8. The summed E-state index contributed by atoms with van der Waals surface area (Å²) in [5.74, 6) is -1.50. The van der Waals surface area contributed by atoms with Crippen LogP contribution in [0, 0.1) is 5.82 Å². The second kappa shape index (κ2) is 6.69. The summed E-state index contributed by atoms with van der Waals surface area (Å²) in [4.78, 5) is 24.6. The lowest BCUT2D eigenvalue weighted by Gasteiger charge is -2.17. The zero-order valence-electron chi connectivity index (χ0n) is 11.4. The minimum absolute atomic E-state index is 0.0274. The monoisotopic (exact) mass is 291 g/mol. The van der Waals surface area contributed by atoms with Crippen LogP contribution in [-0.2, 0) is 16.1 Å². The van der Waals surface area contributed by atoms with Gasteiger partial charge in [-0.1, -0.05) is 18.2 Å². The minimum atomic E-state index is -0.715. The number of carbonyl (C=O) groups excluding carboxylic acids is 2. The molecule has 0 aliphatic rings. The van der Waals surface area contributed by atoms with Gasteiger partial charge < -0.3 is 14.1 Å². The second-order valence-electron chi connectivity index (χ2n) is 4.39. The summed E-state index contributed by atoms with van der Waals surface area (Å²) in [5.41, 5.74) is 0.394. The topological polar surface area (TPSA) is 59.8 Å². The van der Waals surface area contributed by atoms with Gasteiger partial charge in [0.2, 0.25) is 5.76 Å². The molecule has 1 heterocycles. The Labute approximate surface area is 120 Å². The van der Waals surface area contributed by atoms with Crippen LogP contribution in [0.25, 0.3) is 0 Å². The normalized spacial score (nSPS) is 10.2. The summed E-state index contributed by atoms with van der Waals surface area (Å²) < 4.78 is 23.1. The number of esters is 1. The SMILES string of the molecule is CN(Cc1ccccc1F)C(=O)COC(=O)c1ccco1. The lowest BCUT2D eigenvalue weighted by Crippen LogP contribution is -2.31. The molecule has 0 bridgehead atoms. The zero-order valence-corrected chi connectivity index (χ0v) is 11.4. The summed E-state index contributed by atoms with van der Waals surface area (Å²) >= 11 is 0. The maximum absolute atomic E-state index is 13.5. The molecule has 1 amide bonds. The number of carbonyl (C=O) groups is 2. The standard InChI is InChI=1S/C15H14FNO4/c1-17(9-11-5-2-3-6-12(11)16)14(18)10-21-15(19)13-7-4-8-20-13/h2-8H,9-10H2,1H3. The molecule has 2 aromatic rings. The number of hydrogen-bond acceptors (Lipinski definition) is 4. The van der Waals surface area contributed by atoms with Crippen molar-refractivity contribution in [1.29, 1.82) is 0 Å². The number of hydrogen-bond donors (Lipinski definition) is 0. The average Bonchev–Trinajstić information content (AvgIpc) is 3.01. The molecule has 0 fully saturated rings. The van der Waals surface area contributed by atoms with Gasteiger partial charge in [-0.05, 0) is 18.2 Å². The van der Waals surface area contributed by atoms with Crippen LogP contribution in [0.2, 0.25) is 0 Å². The van der Waals surface area contributed by atoms with Crippen molar-refractivity contribution >= 4 is 11.9 Å². The molecule has 0 atom stereocenters. The molecule has 2 rings (SSSR count). The van der Waals surface area contributed by atoms with Crippen LogP contribution in [0.4, 0.5) is 4.39 Å². The summed E-state index contributed by atoms with van der Waals surface area (Å²) in [6.07, 6.45) is 1.34. The van der Waals surface area contributed by atoms with Gasteiger partial charge in [-0.2, -0.15) is 0 Å². The highest BCUT2D eigenvalue weighted by atomic mass is 19.1. The molecule has 0 saturated heterocycles. The van der Waals surface area contributed by atoms with Crippen molar-refractivity contribution in [2.75, 3.05) is 13.7 Å². The molecule has 0 aliphatic carbocycles.